The number of halogens is 2. The summed E-state index contributed by atoms with van der Waals surface area (Å²) in [6.45, 7) is 4.94. The maximum absolute atomic E-state index is 6.22. The van der Waals surface area contributed by atoms with Gasteiger partial charge in [-0.2, -0.15) is 0 Å². The van der Waals surface area contributed by atoms with Gasteiger partial charge in [0.25, 0.3) is 0 Å². The maximum atomic E-state index is 6.22. The molecule has 1 fully saturated rings. The quantitative estimate of drug-likeness (QED) is 0.858. The van der Waals surface area contributed by atoms with E-state index in [0.717, 1.165) is 38.0 Å². The summed E-state index contributed by atoms with van der Waals surface area (Å²) in [7, 11) is 0. The molecule has 0 bridgehead atoms. The van der Waals surface area contributed by atoms with Crippen molar-refractivity contribution in [1.29, 1.82) is 0 Å². The zero-order valence-corrected chi connectivity index (χ0v) is 13.3. The van der Waals surface area contributed by atoms with E-state index in [2.05, 4.69) is 11.8 Å². The lowest BCUT2D eigenvalue weighted by Crippen LogP contribution is -2.44. The number of likely N-dealkylation sites (tertiary alicyclic amines) is 1. The van der Waals surface area contributed by atoms with Crippen molar-refractivity contribution in [3.8, 4) is 0 Å². The van der Waals surface area contributed by atoms with Crippen LogP contribution >= 0.6 is 35.4 Å². The summed E-state index contributed by atoms with van der Waals surface area (Å²) in [5.74, 6) is 0. The lowest BCUT2D eigenvalue weighted by atomic mass is 9.80. The van der Waals surface area contributed by atoms with Gasteiger partial charge in [-0.15, -0.1) is 0 Å². The van der Waals surface area contributed by atoms with Gasteiger partial charge in [-0.25, -0.2) is 0 Å². The summed E-state index contributed by atoms with van der Waals surface area (Å²) in [5, 5.41) is 1.27. The molecule has 1 aliphatic heterocycles. The summed E-state index contributed by atoms with van der Waals surface area (Å²) in [4.78, 5) is 3.00. The second-order valence-electron chi connectivity index (χ2n) is 5.41. The van der Waals surface area contributed by atoms with Crippen LogP contribution in [0, 0.1) is 5.41 Å². The lowest BCUT2D eigenvalue weighted by molar-refractivity contribution is 0.158. The zero-order valence-electron chi connectivity index (χ0n) is 11.0. The predicted octanol–water partition coefficient (Wildman–Crippen LogP) is 3.88. The van der Waals surface area contributed by atoms with Gasteiger partial charge in [0.05, 0.1) is 15.0 Å². The van der Waals surface area contributed by atoms with Crippen LogP contribution in [0.15, 0.2) is 18.2 Å². The van der Waals surface area contributed by atoms with Gasteiger partial charge >= 0.3 is 0 Å². The number of hydrogen-bond donors (Lipinski definition) is 1. The Labute approximate surface area is 129 Å². The van der Waals surface area contributed by atoms with Crippen LogP contribution in [0.5, 0.6) is 0 Å². The molecule has 2 N–H and O–H groups in total. The molecule has 0 aliphatic carbocycles. The summed E-state index contributed by atoms with van der Waals surface area (Å²) in [6, 6.07) is 5.77. The minimum Gasteiger partial charge on any atom is -0.393 e. The van der Waals surface area contributed by atoms with Gasteiger partial charge in [-0.3, -0.25) is 4.90 Å². The number of rotatable bonds is 3. The van der Waals surface area contributed by atoms with Gasteiger partial charge in [-0.1, -0.05) is 54.5 Å². The summed E-state index contributed by atoms with van der Waals surface area (Å²) < 4.78 is 0. The van der Waals surface area contributed by atoms with Crippen LogP contribution in [-0.2, 0) is 6.54 Å². The topological polar surface area (TPSA) is 29.3 Å². The van der Waals surface area contributed by atoms with Crippen LogP contribution < -0.4 is 5.73 Å². The molecule has 1 saturated heterocycles. The Morgan fingerprint density at radius 3 is 2.58 bits per heavy atom. The molecule has 2 nitrogen and oxygen atoms in total. The Hall–Kier alpha value is -0.350. The van der Waals surface area contributed by atoms with E-state index in [0.29, 0.717) is 15.0 Å². The molecule has 0 atom stereocenters. The van der Waals surface area contributed by atoms with Crippen molar-refractivity contribution in [1.82, 2.24) is 4.90 Å². The molecule has 0 unspecified atom stereocenters. The highest BCUT2D eigenvalue weighted by Gasteiger charge is 2.32. The fraction of sp³-hybridized carbons (Fsp3) is 0.500. The first-order valence-corrected chi connectivity index (χ1v) is 7.54. The molecule has 1 aliphatic rings. The van der Waals surface area contributed by atoms with Crippen molar-refractivity contribution in [2.75, 3.05) is 13.1 Å². The highest BCUT2D eigenvalue weighted by molar-refractivity contribution is 7.80. The Morgan fingerprint density at radius 2 is 2.00 bits per heavy atom. The van der Waals surface area contributed by atoms with Crippen molar-refractivity contribution in [3.05, 3.63) is 33.8 Å². The molecule has 0 saturated carbocycles. The van der Waals surface area contributed by atoms with E-state index in [1.54, 1.807) is 0 Å². The molecule has 1 aromatic rings. The molecular formula is C14H18Cl2N2S. The Balaban J connectivity index is 2.00. The van der Waals surface area contributed by atoms with Crippen LogP contribution in [0.2, 0.25) is 10.0 Å². The van der Waals surface area contributed by atoms with Crippen molar-refractivity contribution < 1.29 is 0 Å². The van der Waals surface area contributed by atoms with Crippen LogP contribution in [0.25, 0.3) is 0 Å². The number of hydrogen-bond acceptors (Lipinski definition) is 2. The van der Waals surface area contributed by atoms with E-state index in [1.165, 1.54) is 0 Å². The second kappa shape index (κ2) is 5.96. The van der Waals surface area contributed by atoms with E-state index in [1.807, 2.05) is 18.2 Å². The number of nitrogens with two attached hydrogens (primary N) is 1. The first-order chi connectivity index (χ1) is 8.92. The molecule has 5 heteroatoms. The average Bonchev–Trinajstić information content (AvgIpc) is 2.37. The van der Waals surface area contributed by atoms with Crippen LogP contribution in [-0.4, -0.2) is 23.0 Å². The van der Waals surface area contributed by atoms with E-state index in [-0.39, 0.29) is 5.41 Å². The van der Waals surface area contributed by atoms with E-state index in [4.69, 9.17) is 41.2 Å². The highest BCUT2D eigenvalue weighted by Crippen LogP contribution is 2.33. The fourth-order valence-corrected chi connectivity index (χ4v) is 2.95. The zero-order chi connectivity index (χ0) is 14.0. The van der Waals surface area contributed by atoms with E-state index in [9.17, 15) is 0 Å². The van der Waals surface area contributed by atoms with Crippen molar-refractivity contribution in [3.63, 3.8) is 0 Å². The summed E-state index contributed by atoms with van der Waals surface area (Å²) in [6.07, 6.45) is 2.00. The number of thiocarbonyl (C=S) groups is 1. The first-order valence-electron chi connectivity index (χ1n) is 6.37. The summed E-state index contributed by atoms with van der Waals surface area (Å²) in [5.41, 5.74) is 6.90. The number of nitrogens with zero attached hydrogens (tertiary/aromatic N) is 1. The molecule has 2 rings (SSSR count). The van der Waals surface area contributed by atoms with Crippen LogP contribution in [0.1, 0.15) is 25.3 Å². The predicted molar refractivity (Wildman–Crippen MR) is 85.9 cm³/mol. The minimum absolute atomic E-state index is 0.00393. The highest BCUT2D eigenvalue weighted by atomic mass is 35.5. The van der Waals surface area contributed by atoms with Gasteiger partial charge in [-0.05, 0) is 37.6 Å². The summed E-state index contributed by atoms with van der Waals surface area (Å²) >= 11 is 17.4. The molecule has 1 aromatic carbocycles. The van der Waals surface area contributed by atoms with Crippen molar-refractivity contribution >= 4 is 40.4 Å². The maximum Gasteiger partial charge on any atom is 0.0788 e. The molecular weight excluding hydrogens is 299 g/mol. The van der Waals surface area contributed by atoms with E-state index >= 15 is 0 Å². The normalized spacial score (nSPS) is 19.3. The second-order valence-corrected chi connectivity index (χ2v) is 6.64. The first kappa shape index (κ1) is 15.0. The van der Waals surface area contributed by atoms with Crippen LogP contribution in [0.4, 0.5) is 0 Å². The molecule has 0 amide bonds. The smallest absolute Gasteiger partial charge is 0.0788 e. The largest absolute Gasteiger partial charge is 0.393 e. The van der Waals surface area contributed by atoms with Gasteiger partial charge in [0.15, 0.2) is 0 Å². The molecule has 1 heterocycles. The monoisotopic (exact) mass is 316 g/mol. The average molecular weight is 317 g/mol. The van der Waals surface area contributed by atoms with Crippen molar-refractivity contribution in [2.24, 2.45) is 11.1 Å². The number of benzene rings is 1. The molecule has 104 valence electrons. The van der Waals surface area contributed by atoms with Gasteiger partial charge < -0.3 is 5.73 Å². The Bertz CT molecular complexity index is 482. The van der Waals surface area contributed by atoms with Crippen molar-refractivity contribution in [2.45, 2.75) is 26.3 Å². The SMILES string of the molecule is CC1(C(N)=S)CCN(Cc2cccc(Cl)c2Cl)CC1. The Kier molecular flexibility index (Phi) is 4.72. The molecule has 0 radical (unpaired) electrons. The third-order valence-corrected chi connectivity index (χ3v) is 5.33. The fourth-order valence-electron chi connectivity index (χ4n) is 2.36. The third kappa shape index (κ3) is 3.40. The Morgan fingerprint density at radius 1 is 1.37 bits per heavy atom. The van der Waals surface area contributed by atoms with Gasteiger partial charge in [0, 0.05) is 12.0 Å². The minimum atomic E-state index is 0.00393. The third-order valence-electron chi connectivity index (χ3n) is 3.98. The van der Waals surface area contributed by atoms with Gasteiger partial charge in [0.2, 0.25) is 0 Å². The number of piperidine rings is 1. The molecule has 0 aromatic heterocycles. The van der Waals surface area contributed by atoms with E-state index < -0.39 is 0 Å². The standard InChI is InChI=1S/C14H18Cl2N2S/c1-14(13(17)19)5-7-18(8-6-14)9-10-3-2-4-11(15)12(10)16/h2-4H,5-9H2,1H3,(H2,17,19). The lowest BCUT2D eigenvalue weighted by Gasteiger charge is -2.38. The molecule has 19 heavy (non-hydrogen) atoms. The van der Waals surface area contributed by atoms with Crippen LogP contribution in [0.3, 0.4) is 0 Å². The van der Waals surface area contributed by atoms with Gasteiger partial charge in [0.1, 0.15) is 0 Å². The molecule has 0 spiro atoms.